The van der Waals surface area contributed by atoms with Gasteiger partial charge in [-0.05, 0) is 49.2 Å². The molecule has 0 saturated heterocycles. The lowest BCUT2D eigenvalue weighted by Gasteiger charge is -2.15. The van der Waals surface area contributed by atoms with Crippen molar-refractivity contribution in [3.8, 4) is 0 Å². The van der Waals surface area contributed by atoms with Crippen LogP contribution < -0.4 is 4.72 Å². The molecular formula is C15H16ClNO2S. The van der Waals surface area contributed by atoms with Gasteiger partial charge in [0.15, 0.2) is 0 Å². The van der Waals surface area contributed by atoms with E-state index in [1.165, 1.54) is 0 Å². The van der Waals surface area contributed by atoms with Crippen molar-refractivity contribution < 1.29 is 8.42 Å². The lowest BCUT2D eigenvalue weighted by molar-refractivity contribution is 0.567. The summed E-state index contributed by atoms with van der Waals surface area (Å²) in [4.78, 5) is 0.276. The predicted molar refractivity (Wildman–Crippen MR) is 81.4 cm³/mol. The molecule has 2 rings (SSSR count). The van der Waals surface area contributed by atoms with Crippen LogP contribution in [0.25, 0.3) is 0 Å². The molecule has 0 fully saturated rings. The highest BCUT2D eigenvalue weighted by Gasteiger charge is 2.18. The molecule has 5 heteroatoms. The van der Waals surface area contributed by atoms with Crippen LogP contribution in [0.3, 0.4) is 0 Å². The van der Waals surface area contributed by atoms with E-state index in [4.69, 9.17) is 11.6 Å². The second-order valence-corrected chi connectivity index (χ2v) is 6.86. The maximum absolute atomic E-state index is 12.3. The summed E-state index contributed by atoms with van der Waals surface area (Å²) in [6, 6.07) is 13.6. The third-order valence-electron chi connectivity index (χ3n) is 3.00. The highest BCUT2D eigenvalue weighted by Crippen LogP contribution is 2.19. The first-order chi connectivity index (χ1) is 9.38. The Morgan fingerprint density at radius 3 is 2.35 bits per heavy atom. The SMILES string of the molecule is Cc1cccc(S(=O)(=O)NC(C)c2ccc(Cl)cc2)c1. The zero-order valence-corrected chi connectivity index (χ0v) is 12.9. The Kier molecular flexibility index (Phi) is 4.48. The molecule has 0 aliphatic rings. The minimum absolute atomic E-state index is 0.276. The Labute approximate surface area is 124 Å². The van der Waals surface area contributed by atoms with Crippen LogP contribution >= 0.6 is 11.6 Å². The fourth-order valence-electron chi connectivity index (χ4n) is 1.90. The van der Waals surface area contributed by atoms with Gasteiger partial charge in [0.05, 0.1) is 4.90 Å². The largest absolute Gasteiger partial charge is 0.241 e. The molecule has 1 atom stereocenters. The summed E-state index contributed by atoms with van der Waals surface area (Å²) in [6.07, 6.45) is 0. The molecule has 0 heterocycles. The Morgan fingerprint density at radius 1 is 1.10 bits per heavy atom. The number of sulfonamides is 1. The molecule has 0 aromatic heterocycles. The van der Waals surface area contributed by atoms with Gasteiger partial charge < -0.3 is 0 Å². The highest BCUT2D eigenvalue weighted by molar-refractivity contribution is 7.89. The first-order valence-corrected chi connectivity index (χ1v) is 8.09. The van der Waals surface area contributed by atoms with E-state index in [2.05, 4.69) is 4.72 Å². The lowest BCUT2D eigenvalue weighted by atomic mass is 10.1. The van der Waals surface area contributed by atoms with Crippen molar-refractivity contribution in [3.63, 3.8) is 0 Å². The Morgan fingerprint density at radius 2 is 1.75 bits per heavy atom. The maximum atomic E-state index is 12.3. The summed E-state index contributed by atoms with van der Waals surface area (Å²) in [7, 11) is -3.52. The van der Waals surface area contributed by atoms with Crippen LogP contribution in [0, 0.1) is 6.92 Å². The Balaban J connectivity index is 2.22. The van der Waals surface area contributed by atoms with Crippen molar-refractivity contribution in [2.75, 3.05) is 0 Å². The number of benzene rings is 2. The van der Waals surface area contributed by atoms with Gasteiger partial charge in [0, 0.05) is 11.1 Å². The summed E-state index contributed by atoms with van der Waals surface area (Å²) >= 11 is 5.82. The number of nitrogens with one attached hydrogen (secondary N) is 1. The van der Waals surface area contributed by atoms with Crippen LogP contribution in [0.4, 0.5) is 0 Å². The number of halogens is 1. The molecule has 2 aromatic carbocycles. The average Bonchev–Trinajstić information content (AvgIpc) is 2.39. The maximum Gasteiger partial charge on any atom is 0.241 e. The molecule has 1 N–H and O–H groups in total. The van der Waals surface area contributed by atoms with E-state index in [0.29, 0.717) is 5.02 Å². The van der Waals surface area contributed by atoms with Gasteiger partial charge in [-0.15, -0.1) is 0 Å². The normalized spacial score (nSPS) is 13.2. The molecule has 0 radical (unpaired) electrons. The molecule has 0 bridgehead atoms. The number of hydrogen-bond donors (Lipinski definition) is 1. The smallest absolute Gasteiger partial charge is 0.207 e. The molecule has 0 amide bonds. The third kappa shape index (κ3) is 3.60. The van der Waals surface area contributed by atoms with E-state index in [0.717, 1.165) is 11.1 Å². The molecule has 0 saturated carbocycles. The van der Waals surface area contributed by atoms with Gasteiger partial charge in [-0.3, -0.25) is 0 Å². The van der Waals surface area contributed by atoms with E-state index in [1.54, 1.807) is 37.3 Å². The van der Waals surface area contributed by atoms with Crippen molar-refractivity contribution >= 4 is 21.6 Å². The molecule has 1 unspecified atom stereocenters. The molecule has 0 aliphatic heterocycles. The van der Waals surface area contributed by atoms with Crippen LogP contribution in [-0.4, -0.2) is 8.42 Å². The summed E-state index contributed by atoms with van der Waals surface area (Å²) in [5.74, 6) is 0. The van der Waals surface area contributed by atoms with Gasteiger partial charge in [0.2, 0.25) is 10.0 Å². The van der Waals surface area contributed by atoms with Crippen LogP contribution in [0.15, 0.2) is 53.4 Å². The predicted octanol–water partition coefficient (Wildman–Crippen LogP) is 3.69. The van der Waals surface area contributed by atoms with Crippen molar-refractivity contribution in [1.82, 2.24) is 4.72 Å². The van der Waals surface area contributed by atoms with Crippen LogP contribution in [0.1, 0.15) is 24.1 Å². The molecular weight excluding hydrogens is 294 g/mol. The van der Waals surface area contributed by atoms with Crippen molar-refractivity contribution in [2.24, 2.45) is 0 Å². The summed E-state index contributed by atoms with van der Waals surface area (Å²) in [5.41, 5.74) is 1.78. The number of aryl methyl sites for hydroxylation is 1. The zero-order chi connectivity index (χ0) is 14.8. The summed E-state index contributed by atoms with van der Waals surface area (Å²) < 4.78 is 27.3. The lowest BCUT2D eigenvalue weighted by Crippen LogP contribution is -2.26. The minimum atomic E-state index is -3.52. The topological polar surface area (TPSA) is 46.2 Å². The van der Waals surface area contributed by atoms with E-state index in [1.807, 2.05) is 25.1 Å². The molecule has 0 spiro atoms. The second-order valence-electron chi connectivity index (χ2n) is 4.71. The average molecular weight is 310 g/mol. The quantitative estimate of drug-likeness (QED) is 0.936. The van der Waals surface area contributed by atoms with E-state index in [9.17, 15) is 8.42 Å². The van der Waals surface area contributed by atoms with Crippen molar-refractivity contribution in [1.29, 1.82) is 0 Å². The summed E-state index contributed by atoms with van der Waals surface area (Å²) in [5, 5.41) is 0.627. The highest BCUT2D eigenvalue weighted by atomic mass is 35.5. The number of hydrogen-bond acceptors (Lipinski definition) is 2. The monoisotopic (exact) mass is 309 g/mol. The fourth-order valence-corrected chi connectivity index (χ4v) is 3.37. The standard InChI is InChI=1S/C15H16ClNO2S/c1-11-4-3-5-15(10-11)20(18,19)17-12(2)13-6-8-14(16)9-7-13/h3-10,12,17H,1-2H3. The van der Waals surface area contributed by atoms with Gasteiger partial charge in [-0.25, -0.2) is 13.1 Å². The van der Waals surface area contributed by atoms with E-state index in [-0.39, 0.29) is 10.9 Å². The first-order valence-electron chi connectivity index (χ1n) is 6.23. The third-order valence-corrected chi connectivity index (χ3v) is 4.79. The Hall–Kier alpha value is -1.36. The van der Waals surface area contributed by atoms with Crippen LogP contribution in [-0.2, 0) is 10.0 Å². The van der Waals surface area contributed by atoms with Gasteiger partial charge in [-0.2, -0.15) is 0 Å². The number of rotatable bonds is 4. The van der Waals surface area contributed by atoms with Crippen molar-refractivity contribution in [3.05, 3.63) is 64.7 Å². The second kappa shape index (κ2) is 5.95. The molecule has 20 heavy (non-hydrogen) atoms. The Bertz CT molecular complexity index is 696. The molecule has 106 valence electrons. The van der Waals surface area contributed by atoms with Crippen LogP contribution in [0.5, 0.6) is 0 Å². The van der Waals surface area contributed by atoms with E-state index >= 15 is 0 Å². The van der Waals surface area contributed by atoms with Gasteiger partial charge in [-0.1, -0.05) is 35.9 Å². The molecule has 2 aromatic rings. The fraction of sp³-hybridized carbons (Fsp3) is 0.200. The van der Waals surface area contributed by atoms with E-state index < -0.39 is 10.0 Å². The van der Waals surface area contributed by atoms with Gasteiger partial charge >= 0.3 is 0 Å². The summed E-state index contributed by atoms with van der Waals surface area (Å²) in [6.45, 7) is 3.66. The molecule has 0 aliphatic carbocycles. The first kappa shape index (κ1) is 15.0. The van der Waals surface area contributed by atoms with Gasteiger partial charge in [0.1, 0.15) is 0 Å². The zero-order valence-electron chi connectivity index (χ0n) is 11.3. The van der Waals surface area contributed by atoms with Crippen LogP contribution in [0.2, 0.25) is 5.02 Å². The van der Waals surface area contributed by atoms with Gasteiger partial charge in [0.25, 0.3) is 0 Å². The molecule has 3 nitrogen and oxygen atoms in total. The van der Waals surface area contributed by atoms with Crippen molar-refractivity contribution in [2.45, 2.75) is 24.8 Å². The minimum Gasteiger partial charge on any atom is -0.207 e.